The lowest BCUT2D eigenvalue weighted by molar-refractivity contribution is 0.402. The first kappa shape index (κ1) is 13.9. The zero-order chi connectivity index (χ0) is 12.2. The van der Waals surface area contributed by atoms with E-state index in [4.69, 9.17) is 5.73 Å². The molecule has 0 aromatic heterocycles. The first-order chi connectivity index (χ1) is 7.52. The summed E-state index contributed by atoms with van der Waals surface area (Å²) in [5.41, 5.74) is 5.45. The molecule has 5 heteroatoms. The van der Waals surface area contributed by atoms with E-state index in [0.717, 1.165) is 25.7 Å². The van der Waals surface area contributed by atoms with E-state index < -0.39 is 15.3 Å². The second-order valence-electron chi connectivity index (χ2n) is 4.70. The van der Waals surface area contributed by atoms with Gasteiger partial charge in [-0.1, -0.05) is 13.3 Å². The summed E-state index contributed by atoms with van der Waals surface area (Å²) in [7, 11) is -3.16. The predicted octanol–water partition coefficient (Wildman–Crippen LogP) is 1.18. The van der Waals surface area contributed by atoms with E-state index in [9.17, 15) is 8.42 Å². The van der Waals surface area contributed by atoms with E-state index in [1.165, 1.54) is 0 Å². The van der Waals surface area contributed by atoms with Crippen LogP contribution in [0.1, 0.15) is 39.5 Å². The summed E-state index contributed by atoms with van der Waals surface area (Å²) in [5.74, 6) is 0.688. The van der Waals surface area contributed by atoms with Crippen molar-refractivity contribution in [2.75, 3.05) is 19.6 Å². The number of hydrogen-bond donors (Lipinski definition) is 1. The minimum absolute atomic E-state index is 0.204. The predicted molar refractivity (Wildman–Crippen MR) is 66.6 cm³/mol. The molecule has 1 aliphatic heterocycles. The lowest BCUT2D eigenvalue weighted by Gasteiger charge is -2.23. The number of rotatable bonds is 4. The summed E-state index contributed by atoms with van der Waals surface area (Å²) >= 11 is 0. The third-order valence-electron chi connectivity index (χ3n) is 3.58. The maximum atomic E-state index is 12.1. The van der Waals surface area contributed by atoms with Gasteiger partial charge in [-0.05, 0) is 32.1 Å². The smallest absolute Gasteiger partial charge is 0.217 e. The molecule has 4 nitrogen and oxygen atoms in total. The maximum Gasteiger partial charge on any atom is 0.217 e. The molecule has 0 bridgehead atoms. The molecule has 0 spiro atoms. The van der Waals surface area contributed by atoms with E-state index in [-0.39, 0.29) is 6.54 Å². The van der Waals surface area contributed by atoms with Crippen molar-refractivity contribution in [1.29, 1.82) is 0 Å². The summed E-state index contributed by atoms with van der Waals surface area (Å²) in [5, 5.41) is -0.453. The Bertz CT molecular complexity index is 303. The van der Waals surface area contributed by atoms with Crippen LogP contribution in [0.2, 0.25) is 0 Å². The molecule has 0 amide bonds. The van der Waals surface area contributed by atoms with Gasteiger partial charge in [0.1, 0.15) is 0 Å². The summed E-state index contributed by atoms with van der Waals surface area (Å²) in [6, 6.07) is 0. The third-order valence-corrected chi connectivity index (χ3v) is 5.88. The monoisotopic (exact) mass is 248 g/mol. The second kappa shape index (κ2) is 5.98. The summed E-state index contributed by atoms with van der Waals surface area (Å²) in [6.07, 6.45) is 4.28. The van der Waals surface area contributed by atoms with E-state index in [0.29, 0.717) is 19.0 Å². The van der Waals surface area contributed by atoms with Crippen LogP contribution in [0.15, 0.2) is 0 Å². The first-order valence-electron chi connectivity index (χ1n) is 6.21. The van der Waals surface area contributed by atoms with Gasteiger partial charge >= 0.3 is 0 Å². The lowest BCUT2D eigenvalue weighted by Crippen LogP contribution is -2.41. The molecule has 16 heavy (non-hydrogen) atoms. The number of nitrogens with zero attached hydrogens (tertiary/aromatic N) is 1. The Hall–Kier alpha value is -0.130. The molecule has 2 unspecified atom stereocenters. The normalized spacial score (nSPS) is 26.3. The van der Waals surface area contributed by atoms with Crippen LogP contribution < -0.4 is 5.73 Å². The third kappa shape index (κ3) is 3.18. The Morgan fingerprint density at radius 2 is 2.06 bits per heavy atom. The fourth-order valence-corrected chi connectivity index (χ4v) is 3.67. The van der Waals surface area contributed by atoms with Crippen molar-refractivity contribution >= 4 is 10.0 Å². The first-order valence-corrected chi connectivity index (χ1v) is 7.71. The van der Waals surface area contributed by atoms with Gasteiger partial charge in [-0.2, -0.15) is 0 Å². The van der Waals surface area contributed by atoms with Crippen molar-refractivity contribution in [2.24, 2.45) is 11.7 Å². The van der Waals surface area contributed by atoms with E-state index in [1.807, 2.05) is 0 Å². The van der Waals surface area contributed by atoms with Gasteiger partial charge in [0.05, 0.1) is 5.25 Å². The van der Waals surface area contributed by atoms with Crippen molar-refractivity contribution in [3.05, 3.63) is 0 Å². The molecule has 0 radical (unpaired) electrons. The molecule has 0 saturated carbocycles. The highest BCUT2D eigenvalue weighted by atomic mass is 32.2. The molecule has 1 heterocycles. The van der Waals surface area contributed by atoms with Gasteiger partial charge in [0.15, 0.2) is 0 Å². The Labute approximate surface area is 99.2 Å². The molecule has 2 atom stereocenters. The van der Waals surface area contributed by atoms with Gasteiger partial charge in [-0.3, -0.25) is 0 Å². The van der Waals surface area contributed by atoms with E-state index in [1.54, 1.807) is 11.2 Å². The van der Waals surface area contributed by atoms with Crippen LogP contribution in [-0.2, 0) is 10.0 Å². The summed E-state index contributed by atoms with van der Waals surface area (Å²) in [6.45, 7) is 5.42. The van der Waals surface area contributed by atoms with Gasteiger partial charge in [-0.15, -0.1) is 0 Å². The average molecular weight is 248 g/mol. The average Bonchev–Trinajstić information content (AvgIpc) is 2.53. The molecule has 2 N–H and O–H groups in total. The minimum Gasteiger partial charge on any atom is -0.329 e. The van der Waals surface area contributed by atoms with Gasteiger partial charge in [0.25, 0.3) is 0 Å². The van der Waals surface area contributed by atoms with Crippen LogP contribution in [0.25, 0.3) is 0 Å². The number of hydrogen-bond acceptors (Lipinski definition) is 3. The van der Waals surface area contributed by atoms with Crippen molar-refractivity contribution in [1.82, 2.24) is 4.31 Å². The van der Waals surface area contributed by atoms with Gasteiger partial charge < -0.3 is 5.73 Å². The standard InChI is InChI=1S/C11H24N2O2S/c1-3-11-5-4-7-13(8-6-11)16(14,15)10(2)9-12/h10-11H,3-9,12H2,1-2H3. The summed E-state index contributed by atoms with van der Waals surface area (Å²) in [4.78, 5) is 0. The largest absolute Gasteiger partial charge is 0.329 e. The lowest BCUT2D eigenvalue weighted by atomic mass is 9.98. The Morgan fingerprint density at radius 3 is 2.62 bits per heavy atom. The molecule has 0 aromatic rings. The van der Waals surface area contributed by atoms with E-state index >= 15 is 0 Å². The number of nitrogens with two attached hydrogens (primary N) is 1. The highest BCUT2D eigenvalue weighted by molar-refractivity contribution is 7.89. The van der Waals surface area contributed by atoms with Crippen molar-refractivity contribution in [3.63, 3.8) is 0 Å². The maximum absolute atomic E-state index is 12.1. The van der Waals surface area contributed by atoms with Gasteiger partial charge in [0, 0.05) is 19.6 Å². The van der Waals surface area contributed by atoms with Crippen LogP contribution in [-0.4, -0.2) is 37.6 Å². The molecule has 96 valence electrons. The van der Waals surface area contributed by atoms with Crippen LogP contribution >= 0.6 is 0 Å². The summed E-state index contributed by atoms with van der Waals surface area (Å²) < 4.78 is 25.9. The molecule has 0 aromatic carbocycles. The fraction of sp³-hybridized carbons (Fsp3) is 1.00. The SMILES string of the molecule is CCC1CCCN(S(=O)(=O)C(C)CN)CC1. The van der Waals surface area contributed by atoms with Crippen LogP contribution in [0.5, 0.6) is 0 Å². The van der Waals surface area contributed by atoms with Crippen LogP contribution in [0.3, 0.4) is 0 Å². The topological polar surface area (TPSA) is 63.4 Å². The van der Waals surface area contributed by atoms with Crippen molar-refractivity contribution < 1.29 is 8.42 Å². The minimum atomic E-state index is -3.16. The van der Waals surface area contributed by atoms with Crippen molar-refractivity contribution in [3.8, 4) is 0 Å². The van der Waals surface area contributed by atoms with Gasteiger partial charge in [-0.25, -0.2) is 12.7 Å². The van der Waals surface area contributed by atoms with E-state index in [2.05, 4.69) is 6.92 Å². The highest BCUT2D eigenvalue weighted by Crippen LogP contribution is 2.22. The zero-order valence-electron chi connectivity index (χ0n) is 10.4. The van der Waals surface area contributed by atoms with Gasteiger partial charge in [0.2, 0.25) is 10.0 Å². The second-order valence-corrected chi connectivity index (χ2v) is 7.05. The fourth-order valence-electron chi connectivity index (χ4n) is 2.18. The molecule has 1 saturated heterocycles. The zero-order valence-corrected chi connectivity index (χ0v) is 11.2. The Morgan fingerprint density at radius 1 is 1.38 bits per heavy atom. The quantitative estimate of drug-likeness (QED) is 0.812. The molecular formula is C11H24N2O2S. The van der Waals surface area contributed by atoms with Crippen LogP contribution in [0, 0.1) is 5.92 Å². The molecule has 1 fully saturated rings. The highest BCUT2D eigenvalue weighted by Gasteiger charge is 2.29. The van der Waals surface area contributed by atoms with Crippen molar-refractivity contribution in [2.45, 2.75) is 44.8 Å². The Kier molecular flexibility index (Phi) is 5.21. The number of sulfonamides is 1. The molecular weight excluding hydrogens is 224 g/mol. The molecule has 1 aliphatic rings. The molecule has 0 aliphatic carbocycles. The Balaban J connectivity index is 2.67. The van der Waals surface area contributed by atoms with Crippen LogP contribution in [0.4, 0.5) is 0 Å². The molecule has 1 rings (SSSR count).